The Morgan fingerprint density at radius 1 is 1.28 bits per heavy atom. The summed E-state index contributed by atoms with van der Waals surface area (Å²) in [7, 11) is 0. The molecule has 0 heterocycles. The van der Waals surface area contributed by atoms with Crippen LogP contribution in [0.3, 0.4) is 0 Å². The first-order valence-electron chi connectivity index (χ1n) is 7.88. The number of ether oxygens (including phenoxy) is 2. The van der Waals surface area contributed by atoms with Crippen LogP contribution in [0.2, 0.25) is 0 Å². The Morgan fingerprint density at radius 2 is 2.00 bits per heavy atom. The number of aromatic hydroxyl groups is 1. The lowest BCUT2D eigenvalue weighted by Gasteiger charge is -2.11. The number of hydrogen-bond acceptors (Lipinski definition) is 5. The molecule has 2 rings (SSSR count). The molecule has 0 aliphatic rings. The second kappa shape index (κ2) is 8.55. The van der Waals surface area contributed by atoms with Crippen molar-refractivity contribution >= 4 is 17.6 Å². The fraction of sp³-hybridized carbons (Fsp3) is 0.200. The summed E-state index contributed by atoms with van der Waals surface area (Å²) in [5.41, 5.74) is 1.65. The Morgan fingerprint density at radius 3 is 2.64 bits per heavy atom. The van der Waals surface area contributed by atoms with Crippen LogP contribution in [0.15, 0.2) is 48.5 Å². The molecule has 0 saturated carbocycles. The standard InChI is InChI=1S/C20H19NO4/c1-3-24-19-12-15(9-10-18(19)22)11-17(16-7-5-4-6-8-16)20(23)25-14(2)13-21/h4-12,14,22H,3H2,1-2H3/b17-11+/t14-/m1/s1. The van der Waals surface area contributed by atoms with Gasteiger partial charge in [0.15, 0.2) is 17.6 Å². The van der Waals surface area contributed by atoms with E-state index in [4.69, 9.17) is 14.7 Å². The fourth-order valence-electron chi connectivity index (χ4n) is 2.19. The molecule has 0 unspecified atom stereocenters. The lowest BCUT2D eigenvalue weighted by molar-refractivity contribution is -0.138. The minimum atomic E-state index is -0.849. The first-order chi connectivity index (χ1) is 12.0. The molecule has 128 valence electrons. The summed E-state index contributed by atoms with van der Waals surface area (Å²) in [4.78, 5) is 12.5. The largest absolute Gasteiger partial charge is 0.504 e. The molecular formula is C20H19NO4. The van der Waals surface area contributed by atoms with Crippen LogP contribution < -0.4 is 4.74 Å². The summed E-state index contributed by atoms with van der Waals surface area (Å²) in [6.45, 7) is 3.74. The van der Waals surface area contributed by atoms with E-state index in [0.717, 1.165) is 0 Å². The Kier molecular flexibility index (Phi) is 6.19. The van der Waals surface area contributed by atoms with Crippen LogP contribution in [-0.2, 0) is 9.53 Å². The Hall–Kier alpha value is -3.26. The molecular weight excluding hydrogens is 318 g/mol. The molecule has 0 bridgehead atoms. The molecule has 1 atom stereocenters. The lowest BCUT2D eigenvalue weighted by atomic mass is 10.0. The van der Waals surface area contributed by atoms with Gasteiger partial charge in [0, 0.05) is 0 Å². The molecule has 5 heteroatoms. The smallest absolute Gasteiger partial charge is 0.340 e. The summed E-state index contributed by atoms with van der Waals surface area (Å²) in [5, 5.41) is 18.7. The quantitative estimate of drug-likeness (QED) is 0.493. The van der Waals surface area contributed by atoms with Crippen molar-refractivity contribution in [2.75, 3.05) is 6.61 Å². The van der Waals surface area contributed by atoms with Crippen molar-refractivity contribution in [1.82, 2.24) is 0 Å². The number of benzene rings is 2. The molecule has 2 aromatic rings. The first kappa shape index (κ1) is 18.1. The lowest BCUT2D eigenvalue weighted by Crippen LogP contribution is -2.14. The Balaban J connectivity index is 2.45. The average molecular weight is 337 g/mol. The number of carbonyl (C=O) groups is 1. The number of nitrogens with zero attached hydrogens (tertiary/aromatic N) is 1. The maximum atomic E-state index is 12.5. The molecule has 0 aliphatic carbocycles. The van der Waals surface area contributed by atoms with Gasteiger partial charge in [-0.25, -0.2) is 4.79 Å². The molecule has 0 spiro atoms. The number of hydrogen-bond donors (Lipinski definition) is 1. The SMILES string of the molecule is CCOc1cc(/C=C(/C(=O)O[C@H](C)C#N)c2ccccc2)ccc1O. The fourth-order valence-corrected chi connectivity index (χ4v) is 2.19. The zero-order valence-electron chi connectivity index (χ0n) is 14.1. The Labute approximate surface area is 146 Å². The third-order valence-corrected chi connectivity index (χ3v) is 3.37. The van der Waals surface area contributed by atoms with Gasteiger partial charge >= 0.3 is 5.97 Å². The van der Waals surface area contributed by atoms with Gasteiger partial charge in [-0.3, -0.25) is 0 Å². The molecule has 0 aliphatic heterocycles. The van der Waals surface area contributed by atoms with E-state index in [1.165, 1.54) is 13.0 Å². The monoisotopic (exact) mass is 337 g/mol. The number of esters is 1. The van der Waals surface area contributed by atoms with Gasteiger partial charge in [-0.2, -0.15) is 5.26 Å². The zero-order chi connectivity index (χ0) is 18.2. The van der Waals surface area contributed by atoms with Gasteiger partial charge in [-0.05, 0) is 43.2 Å². The highest BCUT2D eigenvalue weighted by atomic mass is 16.5. The number of rotatable bonds is 6. The van der Waals surface area contributed by atoms with Crippen molar-refractivity contribution in [2.24, 2.45) is 0 Å². The van der Waals surface area contributed by atoms with Crippen LogP contribution >= 0.6 is 0 Å². The number of phenols is 1. The highest BCUT2D eigenvalue weighted by Crippen LogP contribution is 2.29. The van der Waals surface area contributed by atoms with Crippen molar-refractivity contribution in [3.05, 3.63) is 59.7 Å². The third-order valence-electron chi connectivity index (χ3n) is 3.37. The van der Waals surface area contributed by atoms with E-state index in [2.05, 4.69) is 0 Å². The normalized spacial score (nSPS) is 12.1. The summed E-state index contributed by atoms with van der Waals surface area (Å²) in [5.74, 6) is -0.227. The maximum absolute atomic E-state index is 12.5. The average Bonchev–Trinajstić information content (AvgIpc) is 2.62. The highest BCUT2D eigenvalue weighted by Gasteiger charge is 2.17. The van der Waals surface area contributed by atoms with Gasteiger partial charge in [0.1, 0.15) is 6.07 Å². The molecule has 0 fully saturated rings. The molecule has 0 radical (unpaired) electrons. The number of carbonyl (C=O) groups excluding carboxylic acids is 1. The third kappa shape index (κ3) is 4.85. The van der Waals surface area contributed by atoms with E-state index >= 15 is 0 Å². The summed E-state index contributed by atoms with van der Waals surface area (Å²) in [6, 6.07) is 15.7. The molecule has 5 nitrogen and oxygen atoms in total. The van der Waals surface area contributed by atoms with Crippen LogP contribution in [0.25, 0.3) is 11.6 Å². The molecule has 0 amide bonds. The summed E-state index contributed by atoms with van der Waals surface area (Å²) in [6.07, 6.45) is 0.794. The Bertz CT molecular complexity index is 806. The first-order valence-corrected chi connectivity index (χ1v) is 7.88. The minimum Gasteiger partial charge on any atom is -0.504 e. The van der Waals surface area contributed by atoms with Crippen LogP contribution in [0.5, 0.6) is 11.5 Å². The van der Waals surface area contributed by atoms with Gasteiger partial charge in [0.2, 0.25) is 0 Å². The van der Waals surface area contributed by atoms with Crippen LogP contribution in [-0.4, -0.2) is 23.8 Å². The molecule has 2 aromatic carbocycles. The van der Waals surface area contributed by atoms with E-state index in [9.17, 15) is 9.90 Å². The van der Waals surface area contributed by atoms with Crippen molar-refractivity contribution in [1.29, 1.82) is 5.26 Å². The zero-order valence-corrected chi connectivity index (χ0v) is 14.1. The van der Waals surface area contributed by atoms with Gasteiger partial charge in [0.05, 0.1) is 12.2 Å². The number of nitriles is 1. The maximum Gasteiger partial charge on any atom is 0.340 e. The van der Waals surface area contributed by atoms with Crippen molar-refractivity contribution < 1.29 is 19.4 Å². The second-order valence-corrected chi connectivity index (χ2v) is 5.26. The van der Waals surface area contributed by atoms with E-state index in [0.29, 0.717) is 29.1 Å². The second-order valence-electron chi connectivity index (χ2n) is 5.26. The van der Waals surface area contributed by atoms with Gasteiger partial charge < -0.3 is 14.6 Å². The van der Waals surface area contributed by atoms with Gasteiger partial charge in [-0.15, -0.1) is 0 Å². The van der Waals surface area contributed by atoms with Crippen LogP contribution in [0.4, 0.5) is 0 Å². The highest BCUT2D eigenvalue weighted by molar-refractivity contribution is 6.21. The predicted molar refractivity (Wildman–Crippen MR) is 94.8 cm³/mol. The van der Waals surface area contributed by atoms with Crippen LogP contribution in [0, 0.1) is 11.3 Å². The summed E-state index contributed by atoms with van der Waals surface area (Å²) >= 11 is 0. The van der Waals surface area contributed by atoms with E-state index in [1.54, 1.807) is 30.3 Å². The molecule has 25 heavy (non-hydrogen) atoms. The number of phenolic OH excluding ortho intramolecular Hbond substituents is 1. The van der Waals surface area contributed by atoms with Crippen molar-refractivity contribution in [3.8, 4) is 17.6 Å². The van der Waals surface area contributed by atoms with E-state index < -0.39 is 12.1 Å². The topological polar surface area (TPSA) is 79.5 Å². The van der Waals surface area contributed by atoms with E-state index in [1.807, 2.05) is 31.2 Å². The van der Waals surface area contributed by atoms with Crippen molar-refractivity contribution in [3.63, 3.8) is 0 Å². The van der Waals surface area contributed by atoms with Gasteiger partial charge in [0.25, 0.3) is 0 Å². The van der Waals surface area contributed by atoms with Gasteiger partial charge in [-0.1, -0.05) is 36.4 Å². The molecule has 0 saturated heterocycles. The van der Waals surface area contributed by atoms with Crippen LogP contribution in [0.1, 0.15) is 25.0 Å². The molecule has 0 aromatic heterocycles. The van der Waals surface area contributed by atoms with E-state index in [-0.39, 0.29) is 5.75 Å². The molecule has 1 N–H and O–H groups in total. The minimum absolute atomic E-state index is 0.0286. The predicted octanol–water partition coefficient (Wildman–Crippen LogP) is 3.79. The summed E-state index contributed by atoms with van der Waals surface area (Å²) < 4.78 is 10.5. The van der Waals surface area contributed by atoms with Crippen molar-refractivity contribution in [2.45, 2.75) is 20.0 Å².